The zero-order chi connectivity index (χ0) is 25.3. The van der Waals surface area contributed by atoms with Crippen molar-refractivity contribution in [3.05, 3.63) is 74.7 Å². The molecule has 1 aliphatic carbocycles. The summed E-state index contributed by atoms with van der Waals surface area (Å²) in [5.41, 5.74) is 5.93. The normalized spacial score (nSPS) is 21.4. The van der Waals surface area contributed by atoms with E-state index >= 15 is 0 Å². The first-order valence-corrected chi connectivity index (χ1v) is 13.6. The van der Waals surface area contributed by atoms with E-state index in [1.54, 1.807) is 0 Å². The van der Waals surface area contributed by atoms with Crippen molar-refractivity contribution in [2.45, 2.75) is 71.4 Å². The van der Waals surface area contributed by atoms with Crippen molar-refractivity contribution in [2.75, 3.05) is 31.6 Å². The van der Waals surface area contributed by atoms with Gasteiger partial charge in [-0.1, -0.05) is 18.2 Å². The van der Waals surface area contributed by atoms with Crippen molar-refractivity contribution in [1.29, 1.82) is 0 Å². The number of carbonyl (C=O) groups excluding carboxylic acids is 1. The van der Waals surface area contributed by atoms with Gasteiger partial charge in [-0.25, -0.2) is 0 Å². The number of fused-ring (bicyclic) bond motifs is 2. The predicted octanol–water partition coefficient (Wildman–Crippen LogP) is 4.36. The quantitative estimate of drug-likeness (QED) is 0.630. The van der Waals surface area contributed by atoms with Crippen LogP contribution in [0.25, 0.3) is 0 Å². The number of rotatable bonds is 3. The van der Waals surface area contributed by atoms with Crippen molar-refractivity contribution in [2.24, 2.45) is 5.41 Å². The van der Waals surface area contributed by atoms with Crippen molar-refractivity contribution < 1.29 is 4.79 Å². The minimum Gasteiger partial charge on any atom is -0.369 e. The molecule has 6 nitrogen and oxygen atoms in total. The third kappa shape index (κ3) is 4.88. The molecule has 0 atom stereocenters. The third-order valence-electron chi connectivity index (χ3n) is 8.73. The molecule has 36 heavy (non-hydrogen) atoms. The molecule has 0 bridgehead atoms. The maximum Gasteiger partial charge on any atom is 0.253 e. The van der Waals surface area contributed by atoms with Crippen LogP contribution in [0.3, 0.4) is 0 Å². The lowest BCUT2D eigenvalue weighted by Gasteiger charge is -2.55. The average Bonchev–Trinajstić information content (AvgIpc) is 2.83. The van der Waals surface area contributed by atoms with Gasteiger partial charge in [-0.15, -0.1) is 0 Å². The van der Waals surface area contributed by atoms with Crippen LogP contribution in [0.4, 0.5) is 5.69 Å². The molecule has 2 N–H and O–H groups in total. The van der Waals surface area contributed by atoms with Gasteiger partial charge in [0.05, 0.1) is 0 Å². The molecule has 1 aromatic heterocycles. The first-order chi connectivity index (χ1) is 17.4. The number of pyridine rings is 1. The van der Waals surface area contributed by atoms with Crippen LogP contribution >= 0.6 is 0 Å². The number of aryl methyl sites for hydroxylation is 2. The number of aromatic nitrogens is 1. The van der Waals surface area contributed by atoms with Crippen LogP contribution in [-0.2, 0) is 19.4 Å². The standard InChI is InChI=1S/C30H40N4O2/c1-4-34(23-18-30(19-23)13-15-33(3)16-14-30)27-12-8-11-25-24(27)10-7-5-6-9-22-17-21(2)32-29(36)26(22)20-31-28(25)35/h5,7-8,11-12,17,23H,4,6,9-10,13-16,18-20H2,1-3H3,(H,31,35)(H,32,36)/b7-5+. The molecular weight excluding hydrogens is 448 g/mol. The molecule has 1 aromatic carbocycles. The number of aromatic amines is 1. The molecular formula is C30H40N4O2. The number of H-pyrrole nitrogens is 1. The Balaban J connectivity index is 1.42. The van der Waals surface area contributed by atoms with E-state index in [0.717, 1.165) is 48.2 Å². The van der Waals surface area contributed by atoms with Crippen LogP contribution in [0, 0.1) is 12.3 Å². The minimum absolute atomic E-state index is 0.106. The van der Waals surface area contributed by atoms with Gasteiger partial charge in [-0.3, -0.25) is 9.59 Å². The summed E-state index contributed by atoms with van der Waals surface area (Å²) in [7, 11) is 2.23. The van der Waals surface area contributed by atoms with Crippen LogP contribution in [0.5, 0.6) is 0 Å². The van der Waals surface area contributed by atoms with E-state index in [2.05, 4.69) is 52.3 Å². The van der Waals surface area contributed by atoms with E-state index in [0.29, 0.717) is 17.0 Å². The van der Waals surface area contributed by atoms with Crippen LogP contribution < -0.4 is 15.8 Å². The highest BCUT2D eigenvalue weighted by atomic mass is 16.1. The fourth-order valence-corrected chi connectivity index (χ4v) is 6.58. The van der Waals surface area contributed by atoms with Gasteiger partial charge >= 0.3 is 0 Å². The first-order valence-electron chi connectivity index (χ1n) is 13.6. The van der Waals surface area contributed by atoms with Crippen LogP contribution in [0.2, 0.25) is 0 Å². The number of allylic oxidation sites excluding steroid dienone is 2. The van der Waals surface area contributed by atoms with Gasteiger partial charge in [0.15, 0.2) is 0 Å². The summed E-state index contributed by atoms with van der Waals surface area (Å²) in [6.45, 7) is 7.72. The number of anilines is 1. The maximum atomic E-state index is 13.4. The predicted molar refractivity (Wildman–Crippen MR) is 146 cm³/mol. The molecule has 5 rings (SSSR count). The molecule has 1 saturated carbocycles. The number of piperidine rings is 1. The maximum absolute atomic E-state index is 13.4. The van der Waals surface area contributed by atoms with Gasteiger partial charge in [0.1, 0.15) is 0 Å². The van der Waals surface area contributed by atoms with Gasteiger partial charge in [0, 0.05) is 41.6 Å². The van der Waals surface area contributed by atoms with Gasteiger partial charge < -0.3 is 20.1 Å². The van der Waals surface area contributed by atoms with Crippen molar-refractivity contribution in [1.82, 2.24) is 15.2 Å². The average molecular weight is 489 g/mol. The molecule has 2 aromatic rings. The lowest BCUT2D eigenvalue weighted by Crippen LogP contribution is -2.55. The Labute approximate surface area is 214 Å². The Morgan fingerprint density at radius 1 is 1.11 bits per heavy atom. The number of nitrogens with zero attached hydrogens (tertiary/aromatic N) is 2. The lowest BCUT2D eigenvalue weighted by atomic mass is 9.60. The summed E-state index contributed by atoms with van der Waals surface area (Å²) in [5.74, 6) is -0.108. The van der Waals surface area contributed by atoms with Crippen LogP contribution in [0.1, 0.15) is 71.8 Å². The second-order valence-electron chi connectivity index (χ2n) is 11.1. The van der Waals surface area contributed by atoms with E-state index in [1.807, 2.05) is 25.1 Å². The van der Waals surface area contributed by atoms with Crippen LogP contribution in [-0.4, -0.2) is 48.5 Å². The molecule has 2 fully saturated rings. The minimum atomic E-state index is -0.108. The lowest BCUT2D eigenvalue weighted by molar-refractivity contribution is 0.0236. The fraction of sp³-hybridized carbons (Fsp3) is 0.533. The Kier molecular flexibility index (Phi) is 7.07. The Hall–Kier alpha value is -2.86. The molecule has 192 valence electrons. The Morgan fingerprint density at radius 3 is 2.64 bits per heavy atom. The van der Waals surface area contributed by atoms with E-state index in [4.69, 9.17) is 0 Å². The molecule has 6 heteroatoms. The highest BCUT2D eigenvalue weighted by Crippen LogP contribution is 2.51. The molecule has 1 spiro atoms. The molecule has 0 radical (unpaired) electrons. The topological polar surface area (TPSA) is 68.4 Å². The van der Waals surface area contributed by atoms with Crippen molar-refractivity contribution >= 4 is 11.6 Å². The van der Waals surface area contributed by atoms with Crippen LogP contribution in [0.15, 0.2) is 41.2 Å². The van der Waals surface area contributed by atoms with Gasteiger partial charge in [0.2, 0.25) is 0 Å². The summed E-state index contributed by atoms with van der Waals surface area (Å²) < 4.78 is 0. The number of hydrogen-bond acceptors (Lipinski definition) is 4. The highest BCUT2D eigenvalue weighted by molar-refractivity contribution is 5.97. The summed E-state index contributed by atoms with van der Waals surface area (Å²) in [6, 6.07) is 8.70. The van der Waals surface area contributed by atoms with Gasteiger partial charge in [0.25, 0.3) is 11.5 Å². The van der Waals surface area contributed by atoms with E-state index < -0.39 is 0 Å². The second-order valence-corrected chi connectivity index (χ2v) is 11.1. The number of likely N-dealkylation sites (tertiary alicyclic amines) is 1. The molecule has 1 amide bonds. The van der Waals surface area contributed by atoms with Crippen molar-refractivity contribution in [3.8, 4) is 0 Å². The van der Waals surface area contributed by atoms with Gasteiger partial charge in [-0.05, 0) is 114 Å². The van der Waals surface area contributed by atoms with E-state index in [-0.39, 0.29) is 18.0 Å². The summed E-state index contributed by atoms with van der Waals surface area (Å²) in [5, 5.41) is 3.06. The molecule has 3 aliphatic rings. The zero-order valence-electron chi connectivity index (χ0n) is 22.0. The molecule has 1 saturated heterocycles. The molecule has 3 heterocycles. The first kappa shape index (κ1) is 24.8. The second kappa shape index (κ2) is 10.3. The summed E-state index contributed by atoms with van der Waals surface area (Å²) in [6.07, 6.45) is 11.9. The van der Waals surface area contributed by atoms with E-state index in [9.17, 15) is 9.59 Å². The summed E-state index contributed by atoms with van der Waals surface area (Å²) in [4.78, 5) is 34.0. The summed E-state index contributed by atoms with van der Waals surface area (Å²) >= 11 is 0. The Morgan fingerprint density at radius 2 is 1.89 bits per heavy atom. The number of carbonyl (C=O) groups is 1. The van der Waals surface area contributed by atoms with Crippen molar-refractivity contribution in [3.63, 3.8) is 0 Å². The number of benzene rings is 1. The fourth-order valence-electron chi connectivity index (χ4n) is 6.58. The number of nitrogens with one attached hydrogen (secondary N) is 2. The van der Waals surface area contributed by atoms with E-state index in [1.165, 1.54) is 44.5 Å². The third-order valence-corrected chi connectivity index (χ3v) is 8.73. The Bertz CT molecular complexity index is 1200. The largest absolute Gasteiger partial charge is 0.369 e. The highest BCUT2D eigenvalue weighted by Gasteiger charge is 2.47. The smallest absolute Gasteiger partial charge is 0.253 e. The number of amides is 1. The zero-order valence-corrected chi connectivity index (χ0v) is 22.0. The SMILES string of the molecule is CCN(c1cccc2c1C/C=C/CCc1cc(C)[nH]c(=O)c1CNC2=O)C1CC2(CCN(C)CC2)C1. The number of hydrogen-bond donors (Lipinski definition) is 2. The van der Waals surface area contributed by atoms with Gasteiger partial charge in [-0.2, -0.15) is 0 Å². The molecule has 0 unspecified atom stereocenters. The monoisotopic (exact) mass is 488 g/mol. The molecule has 2 aliphatic heterocycles.